The van der Waals surface area contributed by atoms with Gasteiger partial charge in [0.05, 0.1) is 0 Å². The number of allylic oxidation sites excluding steroid dienone is 28. The van der Waals surface area contributed by atoms with Crippen LogP contribution in [0.5, 0.6) is 0 Å². The van der Waals surface area contributed by atoms with Crippen molar-refractivity contribution in [3.8, 4) is 0 Å². The Morgan fingerprint density at radius 3 is 1.06 bits per heavy atom. The van der Waals surface area contributed by atoms with Gasteiger partial charge in [0.2, 0.25) is 0 Å². The average molecular weight is 877 g/mol. The second-order valence-electron chi connectivity index (χ2n) is 15.1. The van der Waals surface area contributed by atoms with Gasteiger partial charge in [0.25, 0.3) is 0 Å². The fourth-order valence-electron chi connectivity index (χ4n) is 5.68. The third-order valence-corrected chi connectivity index (χ3v) is 9.24. The van der Waals surface area contributed by atoms with Gasteiger partial charge in [-0.2, -0.15) is 0 Å². The first kappa shape index (κ1) is 58.8. The van der Waals surface area contributed by atoms with E-state index in [4.69, 9.17) is 14.2 Å². The summed E-state index contributed by atoms with van der Waals surface area (Å²) < 4.78 is 16.7. The van der Waals surface area contributed by atoms with Gasteiger partial charge in [-0.05, 0) is 89.9 Å². The normalized spacial score (nSPS) is 13.6. The van der Waals surface area contributed by atoms with Gasteiger partial charge < -0.3 is 14.2 Å². The van der Waals surface area contributed by atoms with Crippen LogP contribution in [0, 0.1) is 0 Å². The van der Waals surface area contributed by atoms with Crippen molar-refractivity contribution in [3.63, 3.8) is 0 Å². The van der Waals surface area contributed by atoms with Gasteiger partial charge in [0, 0.05) is 19.3 Å². The first-order valence-corrected chi connectivity index (χ1v) is 24.3. The van der Waals surface area contributed by atoms with E-state index in [1.807, 2.05) is 109 Å². The maximum atomic E-state index is 12.8. The molecule has 0 heterocycles. The van der Waals surface area contributed by atoms with Crippen LogP contribution in [0.1, 0.15) is 156 Å². The molecular weight excluding hydrogens is 793 g/mol. The molecule has 1 atom stereocenters. The molecular formula is C58H84O6. The highest BCUT2D eigenvalue weighted by Gasteiger charge is 2.19. The highest BCUT2D eigenvalue weighted by atomic mass is 16.6. The molecule has 0 aromatic carbocycles. The van der Waals surface area contributed by atoms with Crippen LogP contribution < -0.4 is 0 Å². The lowest BCUT2D eigenvalue weighted by molar-refractivity contribution is -0.167. The monoisotopic (exact) mass is 877 g/mol. The standard InChI is InChI=1S/C58H84O6/c1-4-7-10-13-16-19-22-25-27-28-29-30-31-34-36-39-42-45-48-51-57(60)63-54-55(53-62-56(59)50-47-44-41-38-35-32-24-21-18-15-12-9-6-3)64-58(61)52-49-46-43-40-37-33-26-23-20-17-14-11-8-5-2/h7-13,15-22,24-36,55H,4-6,14,23,37-54H2,1-3H3/b10-7+,11-8+,12-9+,16-13+,18-15+,20-17+,22-19+,24-21+,27-25+,29-28+,31-30+,33-26+,35-32+,36-34+. The van der Waals surface area contributed by atoms with Crippen LogP contribution in [0.15, 0.2) is 170 Å². The van der Waals surface area contributed by atoms with Crippen LogP contribution in [0.2, 0.25) is 0 Å². The maximum absolute atomic E-state index is 12.8. The van der Waals surface area contributed by atoms with Crippen LogP contribution in [-0.2, 0) is 28.6 Å². The second kappa shape index (κ2) is 50.4. The van der Waals surface area contributed by atoms with Gasteiger partial charge >= 0.3 is 17.9 Å². The van der Waals surface area contributed by atoms with Crippen LogP contribution >= 0.6 is 0 Å². The van der Waals surface area contributed by atoms with Crippen molar-refractivity contribution in [2.24, 2.45) is 0 Å². The molecule has 0 N–H and O–H groups in total. The minimum atomic E-state index is -0.834. The van der Waals surface area contributed by atoms with E-state index in [0.29, 0.717) is 12.8 Å². The predicted molar refractivity (Wildman–Crippen MR) is 274 cm³/mol. The smallest absolute Gasteiger partial charge is 0.306 e. The number of unbranched alkanes of at least 4 members (excludes halogenated alkanes) is 10. The SMILES string of the molecule is CC/C=C/C=C/C=C/C=C/C=C/C=C/C=C/CCCCCC(=O)OCC(COC(=O)CCCCC/C=C/C=C/C=C/C=C/CC)OC(=O)CCCCCC/C=C/C/C=C/C/C=C/CC. The van der Waals surface area contributed by atoms with Crippen LogP contribution in [0.25, 0.3) is 0 Å². The quantitative estimate of drug-likeness (QED) is 0.0201. The largest absolute Gasteiger partial charge is 0.462 e. The van der Waals surface area contributed by atoms with Gasteiger partial charge in [-0.1, -0.05) is 217 Å². The third kappa shape index (κ3) is 47.8. The average Bonchev–Trinajstić information content (AvgIpc) is 3.29. The summed E-state index contributed by atoms with van der Waals surface area (Å²) in [5, 5.41) is 0. The zero-order chi connectivity index (χ0) is 46.5. The van der Waals surface area contributed by atoms with Gasteiger partial charge in [-0.15, -0.1) is 0 Å². The first-order chi connectivity index (χ1) is 31.5. The molecule has 6 heteroatoms. The van der Waals surface area contributed by atoms with Crippen molar-refractivity contribution in [3.05, 3.63) is 170 Å². The highest BCUT2D eigenvalue weighted by molar-refractivity contribution is 5.71. The Bertz CT molecular complexity index is 1570. The summed E-state index contributed by atoms with van der Waals surface area (Å²) in [6, 6.07) is 0. The fourth-order valence-corrected chi connectivity index (χ4v) is 5.68. The summed E-state index contributed by atoms with van der Waals surface area (Å²) in [6.07, 6.45) is 74.7. The lowest BCUT2D eigenvalue weighted by atomic mass is 10.1. The van der Waals surface area contributed by atoms with Crippen LogP contribution in [-0.4, -0.2) is 37.2 Å². The van der Waals surface area contributed by atoms with Crippen molar-refractivity contribution in [1.82, 2.24) is 0 Å². The maximum Gasteiger partial charge on any atom is 0.306 e. The molecule has 0 rings (SSSR count). The molecule has 0 aliphatic carbocycles. The van der Waals surface area contributed by atoms with E-state index in [9.17, 15) is 14.4 Å². The predicted octanol–water partition coefficient (Wildman–Crippen LogP) is 16.0. The molecule has 0 aromatic rings. The minimum Gasteiger partial charge on any atom is -0.462 e. The third-order valence-electron chi connectivity index (χ3n) is 9.24. The summed E-state index contributed by atoms with van der Waals surface area (Å²) >= 11 is 0. The van der Waals surface area contributed by atoms with Gasteiger partial charge in [0.15, 0.2) is 6.10 Å². The van der Waals surface area contributed by atoms with E-state index >= 15 is 0 Å². The van der Waals surface area contributed by atoms with Crippen LogP contribution in [0.3, 0.4) is 0 Å². The number of carbonyl (C=O) groups excluding carboxylic acids is 3. The van der Waals surface area contributed by atoms with E-state index in [1.54, 1.807) is 0 Å². The molecule has 6 nitrogen and oxygen atoms in total. The molecule has 0 radical (unpaired) electrons. The summed E-state index contributed by atoms with van der Waals surface area (Å²) in [5.74, 6) is -1.06. The number of esters is 3. The Morgan fingerprint density at radius 2 is 0.641 bits per heavy atom. The molecule has 0 fully saturated rings. The van der Waals surface area contributed by atoms with Gasteiger partial charge in [0.1, 0.15) is 13.2 Å². The van der Waals surface area contributed by atoms with Crippen molar-refractivity contribution >= 4 is 17.9 Å². The zero-order valence-corrected chi connectivity index (χ0v) is 40.0. The number of rotatable bonds is 40. The Labute approximate surface area is 390 Å². The Morgan fingerprint density at radius 1 is 0.328 bits per heavy atom. The Kier molecular flexibility index (Phi) is 46.3. The molecule has 0 spiro atoms. The van der Waals surface area contributed by atoms with E-state index in [2.05, 4.69) is 81.5 Å². The van der Waals surface area contributed by atoms with Crippen molar-refractivity contribution in [2.75, 3.05) is 13.2 Å². The molecule has 0 amide bonds. The molecule has 0 saturated heterocycles. The molecule has 0 aliphatic rings. The van der Waals surface area contributed by atoms with E-state index in [0.717, 1.165) is 103 Å². The fraction of sp³-hybridized carbons (Fsp3) is 0.466. The lowest BCUT2D eigenvalue weighted by Gasteiger charge is -2.18. The molecule has 64 heavy (non-hydrogen) atoms. The number of ether oxygens (including phenoxy) is 3. The zero-order valence-electron chi connectivity index (χ0n) is 40.0. The molecule has 0 aromatic heterocycles. The number of carbonyl (C=O) groups is 3. The highest BCUT2D eigenvalue weighted by Crippen LogP contribution is 2.11. The summed E-state index contributed by atoms with van der Waals surface area (Å²) in [6.45, 7) is 6.10. The molecule has 0 aliphatic heterocycles. The summed E-state index contributed by atoms with van der Waals surface area (Å²) in [5.41, 5.74) is 0. The molecule has 1 unspecified atom stereocenters. The van der Waals surface area contributed by atoms with Crippen LogP contribution in [0.4, 0.5) is 0 Å². The van der Waals surface area contributed by atoms with Gasteiger partial charge in [-0.3, -0.25) is 14.4 Å². The number of hydrogen-bond donors (Lipinski definition) is 0. The Balaban J connectivity index is 4.63. The first-order valence-electron chi connectivity index (χ1n) is 24.3. The van der Waals surface area contributed by atoms with Crippen molar-refractivity contribution in [1.29, 1.82) is 0 Å². The Hall–Kier alpha value is -5.23. The topological polar surface area (TPSA) is 78.9 Å². The summed E-state index contributed by atoms with van der Waals surface area (Å²) in [7, 11) is 0. The van der Waals surface area contributed by atoms with Gasteiger partial charge in [-0.25, -0.2) is 0 Å². The molecule has 352 valence electrons. The van der Waals surface area contributed by atoms with E-state index < -0.39 is 6.10 Å². The van der Waals surface area contributed by atoms with E-state index in [-0.39, 0.29) is 50.4 Å². The minimum absolute atomic E-state index is 0.133. The lowest BCUT2D eigenvalue weighted by Crippen LogP contribution is -2.30. The number of hydrogen-bond acceptors (Lipinski definition) is 6. The van der Waals surface area contributed by atoms with Crippen molar-refractivity contribution < 1.29 is 28.6 Å². The molecule has 0 bridgehead atoms. The molecule has 0 saturated carbocycles. The van der Waals surface area contributed by atoms with E-state index in [1.165, 1.54) is 0 Å². The second-order valence-corrected chi connectivity index (χ2v) is 15.1. The summed E-state index contributed by atoms with van der Waals surface area (Å²) in [4.78, 5) is 37.9. The van der Waals surface area contributed by atoms with Crippen molar-refractivity contribution in [2.45, 2.75) is 162 Å².